The summed E-state index contributed by atoms with van der Waals surface area (Å²) in [4.78, 5) is 11.6. The molecule has 1 aliphatic carbocycles. The molecule has 0 saturated carbocycles. The Hall–Kier alpha value is -0.830. The van der Waals surface area contributed by atoms with Crippen LogP contribution in [-0.2, 0) is 4.79 Å². The average Bonchev–Trinajstić information content (AvgIpc) is 2.27. The Bertz CT molecular complexity index is 311. The van der Waals surface area contributed by atoms with E-state index in [-0.39, 0.29) is 11.9 Å². The molecule has 0 aromatic carbocycles. The second-order valence-corrected chi connectivity index (χ2v) is 5.69. The maximum atomic E-state index is 11.6. The van der Waals surface area contributed by atoms with Gasteiger partial charge < -0.3 is 10.6 Å². The highest BCUT2D eigenvalue weighted by molar-refractivity contribution is 5.82. The van der Waals surface area contributed by atoms with E-state index in [0.29, 0.717) is 11.8 Å². The van der Waals surface area contributed by atoms with Crippen molar-refractivity contribution in [1.29, 1.82) is 0 Å². The van der Waals surface area contributed by atoms with Crippen molar-refractivity contribution in [2.75, 3.05) is 13.1 Å². The molecule has 0 bridgehead atoms. The minimum absolute atomic E-state index is 0.0465. The molecule has 0 aromatic heterocycles. The second kappa shape index (κ2) is 5.67. The number of hydrogen-bond acceptors (Lipinski definition) is 2. The topological polar surface area (TPSA) is 41.1 Å². The minimum atomic E-state index is 0.0465. The Morgan fingerprint density at radius 1 is 1.53 bits per heavy atom. The van der Waals surface area contributed by atoms with Gasteiger partial charge in [-0.1, -0.05) is 18.6 Å². The third-order valence-electron chi connectivity index (χ3n) is 3.82. The standard InChI is InChI=1S/C14H24N2O/c1-10-6-11(2)8-12(7-10)9-16-13-4-3-5-15-14(13)17/h6,10,12-13,16H,3-5,7-9H2,1-2H3,(H,15,17). The number of carbonyl (C=O) groups is 1. The van der Waals surface area contributed by atoms with Crippen LogP contribution in [0.5, 0.6) is 0 Å². The molecule has 0 radical (unpaired) electrons. The lowest BCUT2D eigenvalue weighted by molar-refractivity contribution is -0.124. The summed E-state index contributed by atoms with van der Waals surface area (Å²) < 4.78 is 0. The maximum absolute atomic E-state index is 11.6. The zero-order valence-corrected chi connectivity index (χ0v) is 11.0. The highest BCUT2D eigenvalue weighted by Crippen LogP contribution is 2.27. The van der Waals surface area contributed by atoms with E-state index in [2.05, 4.69) is 30.6 Å². The Labute approximate surface area is 104 Å². The van der Waals surface area contributed by atoms with Crippen LogP contribution in [0.4, 0.5) is 0 Å². The number of nitrogens with one attached hydrogen (secondary N) is 2. The summed E-state index contributed by atoms with van der Waals surface area (Å²) in [6, 6.07) is 0.0465. The summed E-state index contributed by atoms with van der Waals surface area (Å²) in [6.45, 7) is 6.33. The van der Waals surface area contributed by atoms with Gasteiger partial charge in [0.15, 0.2) is 0 Å². The molecule has 1 fully saturated rings. The molecule has 17 heavy (non-hydrogen) atoms. The van der Waals surface area contributed by atoms with E-state index >= 15 is 0 Å². The predicted molar refractivity (Wildman–Crippen MR) is 69.7 cm³/mol. The molecular formula is C14H24N2O. The normalized spacial score (nSPS) is 34.1. The van der Waals surface area contributed by atoms with Gasteiger partial charge in [-0.05, 0) is 51.0 Å². The second-order valence-electron chi connectivity index (χ2n) is 5.69. The highest BCUT2D eigenvalue weighted by Gasteiger charge is 2.24. The lowest BCUT2D eigenvalue weighted by atomic mass is 9.83. The molecule has 3 nitrogen and oxygen atoms in total. The fourth-order valence-electron chi connectivity index (χ4n) is 3.12. The first-order valence-electron chi connectivity index (χ1n) is 6.83. The van der Waals surface area contributed by atoms with Crippen LogP contribution in [0.3, 0.4) is 0 Å². The summed E-state index contributed by atoms with van der Waals surface area (Å²) in [5, 5.41) is 6.37. The van der Waals surface area contributed by atoms with E-state index in [1.54, 1.807) is 0 Å². The van der Waals surface area contributed by atoms with Gasteiger partial charge in [0.1, 0.15) is 0 Å². The van der Waals surface area contributed by atoms with E-state index in [9.17, 15) is 4.79 Å². The number of piperidine rings is 1. The molecule has 1 saturated heterocycles. The van der Waals surface area contributed by atoms with Crippen LogP contribution < -0.4 is 10.6 Å². The van der Waals surface area contributed by atoms with E-state index in [1.807, 2.05) is 0 Å². The Balaban J connectivity index is 1.78. The van der Waals surface area contributed by atoms with Crippen LogP contribution in [0.25, 0.3) is 0 Å². The van der Waals surface area contributed by atoms with E-state index in [0.717, 1.165) is 25.9 Å². The van der Waals surface area contributed by atoms with Crippen molar-refractivity contribution >= 4 is 5.91 Å². The fraction of sp³-hybridized carbons (Fsp3) is 0.786. The third-order valence-corrected chi connectivity index (χ3v) is 3.82. The summed E-state index contributed by atoms with van der Waals surface area (Å²) >= 11 is 0. The smallest absolute Gasteiger partial charge is 0.237 e. The van der Waals surface area contributed by atoms with Gasteiger partial charge in [0.2, 0.25) is 5.91 Å². The van der Waals surface area contributed by atoms with Gasteiger partial charge in [-0.25, -0.2) is 0 Å². The largest absolute Gasteiger partial charge is 0.355 e. The lowest BCUT2D eigenvalue weighted by Crippen LogP contribution is -2.49. The zero-order valence-electron chi connectivity index (χ0n) is 11.0. The molecule has 3 unspecified atom stereocenters. The first kappa shape index (κ1) is 12.6. The van der Waals surface area contributed by atoms with E-state index in [1.165, 1.54) is 18.4 Å². The molecule has 2 aliphatic rings. The molecule has 2 N–H and O–H groups in total. The van der Waals surface area contributed by atoms with Gasteiger partial charge in [-0.15, -0.1) is 0 Å². The number of allylic oxidation sites excluding steroid dienone is 2. The van der Waals surface area contributed by atoms with Crippen molar-refractivity contribution in [3.05, 3.63) is 11.6 Å². The zero-order chi connectivity index (χ0) is 12.3. The number of rotatable bonds is 3. The molecule has 0 aromatic rings. The number of carbonyl (C=O) groups excluding carboxylic acids is 1. The predicted octanol–water partition coefficient (Wildman–Crippen LogP) is 1.85. The monoisotopic (exact) mass is 236 g/mol. The third kappa shape index (κ3) is 3.56. The SMILES string of the molecule is CC1=CC(C)CC(CNC2CCCNC2=O)C1. The fourth-order valence-corrected chi connectivity index (χ4v) is 3.12. The van der Waals surface area contributed by atoms with E-state index < -0.39 is 0 Å². The first-order valence-corrected chi connectivity index (χ1v) is 6.83. The summed E-state index contributed by atoms with van der Waals surface area (Å²) in [5.41, 5.74) is 1.50. The van der Waals surface area contributed by atoms with Crippen molar-refractivity contribution in [2.24, 2.45) is 11.8 Å². The molecule has 3 atom stereocenters. The van der Waals surface area contributed by atoms with Crippen molar-refractivity contribution in [3.8, 4) is 0 Å². The molecule has 1 aliphatic heterocycles. The molecule has 96 valence electrons. The van der Waals surface area contributed by atoms with Crippen molar-refractivity contribution in [2.45, 2.75) is 45.6 Å². The van der Waals surface area contributed by atoms with Crippen LogP contribution in [-0.4, -0.2) is 25.0 Å². The Kier molecular flexibility index (Phi) is 4.21. The molecule has 2 rings (SSSR count). The molecule has 1 heterocycles. The number of hydrogen-bond donors (Lipinski definition) is 2. The van der Waals surface area contributed by atoms with Crippen molar-refractivity contribution in [3.63, 3.8) is 0 Å². The van der Waals surface area contributed by atoms with Crippen LogP contribution in [0.2, 0.25) is 0 Å². The van der Waals surface area contributed by atoms with Gasteiger partial charge in [0.25, 0.3) is 0 Å². The minimum Gasteiger partial charge on any atom is -0.355 e. The lowest BCUT2D eigenvalue weighted by Gasteiger charge is -2.29. The van der Waals surface area contributed by atoms with Gasteiger partial charge in [-0.2, -0.15) is 0 Å². The van der Waals surface area contributed by atoms with E-state index in [4.69, 9.17) is 0 Å². The molecular weight excluding hydrogens is 212 g/mol. The van der Waals surface area contributed by atoms with Crippen LogP contribution >= 0.6 is 0 Å². The van der Waals surface area contributed by atoms with Gasteiger partial charge >= 0.3 is 0 Å². The molecule has 0 spiro atoms. The Morgan fingerprint density at radius 2 is 2.35 bits per heavy atom. The van der Waals surface area contributed by atoms with Gasteiger partial charge in [0, 0.05) is 6.54 Å². The average molecular weight is 236 g/mol. The highest BCUT2D eigenvalue weighted by atomic mass is 16.2. The number of amides is 1. The van der Waals surface area contributed by atoms with Crippen LogP contribution in [0, 0.1) is 11.8 Å². The van der Waals surface area contributed by atoms with Crippen LogP contribution in [0.1, 0.15) is 39.5 Å². The van der Waals surface area contributed by atoms with Gasteiger partial charge in [-0.3, -0.25) is 4.79 Å². The van der Waals surface area contributed by atoms with Crippen molar-refractivity contribution < 1.29 is 4.79 Å². The van der Waals surface area contributed by atoms with Gasteiger partial charge in [0.05, 0.1) is 6.04 Å². The summed E-state index contributed by atoms with van der Waals surface area (Å²) in [5.74, 6) is 1.58. The first-order chi connectivity index (χ1) is 8.15. The Morgan fingerprint density at radius 3 is 3.06 bits per heavy atom. The summed E-state index contributed by atoms with van der Waals surface area (Å²) in [7, 11) is 0. The molecule has 1 amide bonds. The molecule has 3 heteroatoms. The van der Waals surface area contributed by atoms with Crippen molar-refractivity contribution in [1.82, 2.24) is 10.6 Å². The quantitative estimate of drug-likeness (QED) is 0.734. The maximum Gasteiger partial charge on any atom is 0.237 e. The van der Waals surface area contributed by atoms with Crippen LogP contribution in [0.15, 0.2) is 11.6 Å². The summed E-state index contributed by atoms with van der Waals surface area (Å²) in [6.07, 6.45) is 6.90.